The number of carbonyl (C=O) groups is 1. The van der Waals surface area contributed by atoms with Gasteiger partial charge in [-0.1, -0.05) is 19.1 Å². The van der Waals surface area contributed by atoms with Crippen molar-refractivity contribution in [2.75, 3.05) is 13.7 Å². The first-order valence-corrected chi connectivity index (χ1v) is 8.58. The zero-order valence-corrected chi connectivity index (χ0v) is 14.6. The average Bonchev–Trinajstić information content (AvgIpc) is 2.96. The van der Waals surface area contributed by atoms with Crippen molar-refractivity contribution in [3.05, 3.63) is 40.1 Å². The Hall–Kier alpha value is -1.85. The summed E-state index contributed by atoms with van der Waals surface area (Å²) in [6, 6.07) is 9.74. The molecule has 0 spiro atoms. The fourth-order valence-electron chi connectivity index (χ4n) is 2.29. The number of thiophene rings is 1. The maximum Gasteiger partial charge on any atom is 0.261 e. The highest BCUT2D eigenvalue weighted by Crippen LogP contribution is 2.31. The number of ether oxygens (including phenoxy) is 1. The number of hydrogen-bond acceptors (Lipinski definition) is 4. The molecule has 1 unspecified atom stereocenters. The first-order chi connectivity index (χ1) is 11.0. The van der Waals surface area contributed by atoms with Gasteiger partial charge in [0.05, 0.1) is 18.1 Å². The monoisotopic (exact) mass is 333 g/mol. The molecule has 0 bridgehead atoms. The second-order valence-electron chi connectivity index (χ2n) is 5.42. The number of benzene rings is 1. The van der Waals surface area contributed by atoms with Crippen LogP contribution in [0.1, 0.15) is 34.3 Å². The molecule has 0 fully saturated rings. The first-order valence-electron chi connectivity index (χ1n) is 7.76. The summed E-state index contributed by atoms with van der Waals surface area (Å²) in [7, 11) is 1.64. The highest BCUT2D eigenvalue weighted by molar-refractivity contribution is 7.14. The fourth-order valence-corrected chi connectivity index (χ4v) is 3.25. The Bertz CT molecular complexity index is 649. The number of aryl methyl sites for hydroxylation is 1. The minimum absolute atomic E-state index is 0.0823. The van der Waals surface area contributed by atoms with Gasteiger partial charge in [0.15, 0.2) is 0 Å². The van der Waals surface area contributed by atoms with Gasteiger partial charge < -0.3 is 15.2 Å². The van der Waals surface area contributed by atoms with E-state index in [9.17, 15) is 9.90 Å². The molecule has 1 aromatic heterocycles. The lowest BCUT2D eigenvalue weighted by Gasteiger charge is -2.07. The van der Waals surface area contributed by atoms with Crippen LogP contribution in [-0.2, 0) is 0 Å². The summed E-state index contributed by atoms with van der Waals surface area (Å²) in [6.45, 7) is 4.43. The van der Waals surface area contributed by atoms with Gasteiger partial charge in [0, 0.05) is 11.4 Å². The summed E-state index contributed by atoms with van der Waals surface area (Å²) < 4.78 is 5.17. The van der Waals surface area contributed by atoms with E-state index in [-0.39, 0.29) is 12.0 Å². The van der Waals surface area contributed by atoms with E-state index in [2.05, 4.69) is 5.32 Å². The lowest BCUT2D eigenvalue weighted by Crippen LogP contribution is -2.26. The molecular weight excluding hydrogens is 310 g/mol. The standard InChI is InChI=1S/C18H23NO3S/c1-4-14(20)9-10-19-18(21)17-11-16(12(2)23-17)13-5-7-15(22-3)8-6-13/h5-8,11,14,20H,4,9-10H2,1-3H3,(H,19,21). The molecule has 2 aromatic rings. The zero-order valence-electron chi connectivity index (χ0n) is 13.8. The largest absolute Gasteiger partial charge is 0.497 e. The van der Waals surface area contributed by atoms with Crippen molar-refractivity contribution >= 4 is 17.2 Å². The Kier molecular flexibility index (Phi) is 6.19. The predicted molar refractivity (Wildman–Crippen MR) is 94.3 cm³/mol. The van der Waals surface area contributed by atoms with Gasteiger partial charge in [0.2, 0.25) is 0 Å². The summed E-state index contributed by atoms with van der Waals surface area (Å²) in [4.78, 5) is 14.0. The molecule has 124 valence electrons. The lowest BCUT2D eigenvalue weighted by molar-refractivity contribution is 0.0946. The van der Waals surface area contributed by atoms with Crippen LogP contribution in [0.2, 0.25) is 0 Å². The third-order valence-corrected chi connectivity index (χ3v) is 4.83. The summed E-state index contributed by atoms with van der Waals surface area (Å²) in [5, 5.41) is 12.4. The Morgan fingerprint density at radius 2 is 2.04 bits per heavy atom. The van der Waals surface area contributed by atoms with Crippen LogP contribution in [-0.4, -0.2) is 30.8 Å². The molecule has 0 aliphatic rings. The molecule has 4 nitrogen and oxygen atoms in total. The number of carbonyl (C=O) groups excluding carboxylic acids is 1. The van der Waals surface area contributed by atoms with Crippen LogP contribution in [0.25, 0.3) is 11.1 Å². The van der Waals surface area contributed by atoms with Gasteiger partial charge in [-0.25, -0.2) is 0 Å². The second-order valence-corrected chi connectivity index (χ2v) is 6.67. The van der Waals surface area contributed by atoms with Gasteiger partial charge in [0.25, 0.3) is 5.91 Å². The molecule has 0 saturated carbocycles. The summed E-state index contributed by atoms with van der Waals surface area (Å²) in [6.07, 6.45) is 0.934. The number of aliphatic hydroxyl groups excluding tert-OH is 1. The van der Waals surface area contributed by atoms with Crippen LogP contribution < -0.4 is 10.1 Å². The molecule has 0 aliphatic heterocycles. The lowest BCUT2D eigenvalue weighted by atomic mass is 10.1. The van der Waals surface area contributed by atoms with Crippen molar-refractivity contribution in [1.29, 1.82) is 0 Å². The van der Waals surface area contributed by atoms with Crippen molar-refractivity contribution in [2.24, 2.45) is 0 Å². The number of amides is 1. The van der Waals surface area contributed by atoms with Crippen molar-refractivity contribution in [3.63, 3.8) is 0 Å². The molecule has 0 aliphatic carbocycles. The van der Waals surface area contributed by atoms with Crippen LogP contribution in [0, 0.1) is 6.92 Å². The molecule has 23 heavy (non-hydrogen) atoms. The van der Waals surface area contributed by atoms with Crippen LogP contribution in [0.4, 0.5) is 0 Å². The van der Waals surface area contributed by atoms with E-state index in [0.29, 0.717) is 24.3 Å². The van der Waals surface area contributed by atoms with E-state index < -0.39 is 0 Å². The smallest absolute Gasteiger partial charge is 0.261 e. The van der Waals surface area contributed by atoms with E-state index in [0.717, 1.165) is 21.8 Å². The van der Waals surface area contributed by atoms with Crippen molar-refractivity contribution in [2.45, 2.75) is 32.8 Å². The SMILES string of the molecule is CCC(O)CCNC(=O)c1cc(-c2ccc(OC)cc2)c(C)s1. The molecule has 2 N–H and O–H groups in total. The molecule has 0 saturated heterocycles. The highest BCUT2D eigenvalue weighted by Gasteiger charge is 2.14. The topological polar surface area (TPSA) is 58.6 Å². The number of methoxy groups -OCH3 is 1. The fraction of sp³-hybridized carbons (Fsp3) is 0.389. The Morgan fingerprint density at radius 1 is 1.35 bits per heavy atom. The number of hydrogen-bond donors (Lipinski definition) is 2. The summed E-state index contributed by atoms with van der Waals surface area (Å²) >= 11 is 1.49. The van der Waals surface area contributed by atoms with Crippen molar-refractivity contribution in [1.82, 2.24) is 5.32 Å². The molecule has 1 heterocycles. The minimum Gasteiger partial charge on any atom is -0.497 e. The third-order valence-electron chi connectivity index (χ3n) is 3.78. The summed E-state index contributed by atoms with van der Waals surface area (Å²) in [5.41, 5.74) is 2.14. The van der Waals surface area contributed by atoms with Gasteiger partial charge in [0.1, 0.15) is 5.75 Å². The quantitative estimate of drug-likeness (QED) is 0.813. The zero-order chi connectivity index (χ0) is 16.8. The number of aliphatic hydroxyl groups is 1. The van der Waals surface area contributed by atoms with Gasteiger partial charge in [-0.15, -0.1) is 11.3 Å². The van der Waals surface area contributed by atoms with Crippen molar-refractivity contribution in [3.8, 4) is 16.9 Å². The van der Waals surface area contributed by atoms with Gasteiger partial charge >= 0.3 is 0 Å². The number of nitrogens with one attached hydrogen (secondary N) is 1. The molecule has 1 amide bonds. The van der Waals surface area contributed by atoms with Gasteiger partial charge in [-0.3, -0.25) is 4.79 Å². The minimum atomic E-state index is -0.352. The highest BCUT2D eigenvalue weighted by atomic mass is 32.1. The summed E-state index contributed by atoms with van der Waals surface area (Å²) in [5.74, 6) is 0.732. The maximum absolute atomic E-state index is 12.2. The van der Waals surface area contributed by atoms with E-state index >= 15 is 0 Å². The van der Waals surface area contributed by atoms with E-state index in [1.165, 1.54) is 11.3 Å². The van der Waals surface area contributed by atoms with Crippen molar-refractivity contribution < 1.29 is 14.6 Å². The van der Waals surface area contributed by atoms with E-state index in [1.54, 1.807) is 7.11 Å². The van der Waals surface area contributed by atoms with Crippen LogP contribution >= 0.6 is 11.3 Å². The molecule has 5 heteroatoms. The third kappa shape index (κ3) is 4.56. The van der Waals surface area contributed by atoms with Crippen LogP contribution in [0.3, 0.4) is 0 Å². The molecule has 2 rings (SSSR count). The molecule has 0 radical (unpaired) electrons. The first kappa shape index (κ1) is 17.5. The maximum atomic E-state index is 12.2. The molecule has 1 aromatic carbocycles. The molecular formula is C18H23NO3S. The molecule has 1 atom stereocenters. The Morgan fingerprint density at radius 3 is 2.65 bits per heavy atom. The van der Waals surface area contributed by atoms with E-state index in [1.807, 2.05) is 44.2 Å². The van der Waals surface area contributed by atoms with E-state index in [4.69, 9.17) is 4.74 Å². The normalized spacial score (nSPS) is 12.0. The average molecular weight is 333 g/mol. The second kappa shape index (κ2) is 8.13. The van der Waals surface area contributed by atoms with Gasteiger partial charge in [-0.2, -0.15) is 0 Å². The number of rotatable bonds is 7. The van der Waals surface area contributed by atoms with Crippen LogP contribution in [0.5, 0.6) is 5.75 Å². The predicted octanol–water partition coefficient (Wildman–Crippen LogP) is 3.62. The Balaban J connectivity index is 2.06. The van der Waals surface area contributed by atoms with Crippen LogP contribution in [0.15, 0.2) is 30.3 Å². The van der Waals surface area contributed by atoms with Gasteiger partial charge in [-0.05, 0) is 49.1 Å². The Labute approximate surface area is 141 Å².